The average molecular weight is 227 g/mol. The van der Waals surface area contributed by atoms with Crippen LogP contribution < -0.4 is 10.6 Å². The molecule has 0 aliphatic heterocycles. The summed E-state index contributed by atoms with van der Waals surface area (Å²) in [7, 11) is 2.09. The van der Waals surface area contributed by atoms with Crippen LogP contribution >= 0.6 is 11.3 Å². The number of anilines is 1. The standard InChI is InChI=1S/C11H21N3S/c1-7(2)9(4)14(5)11-13-10(6-15-11)8(3)12/h6-9H,12H2,1-5H3. The number of aromatic nitrogens is 1. The second-order valence-corrected chi connectivity index (χ2v) is 5.28. The molecule has 15 heavy (non-hydrogen) atoms. The van der Waals surface area contributed by atoms with Gasteiger partial charge in [-0.3, -0.25) is 0 Å². The van der Waals surface area contributed by atoms with Gasteiger partial charge in [-0.15, -0.1) is 11.3 Å². The molecule has 2 atom stereocenters. The van der Waals surface area contributed by atoms with Crippen LogP contribution in [0.25, 0.3) is 0 Å². The van der Waals surface area contributed by atoms with Crippen molar-refractivity contribution >= 4 is 16.5 Å². The summed E-state index contributed by atoms with van der Waals surface area (Å²) in [6.07, 6.45) is 0. The zero-order chi connectivity index (χ0) is 11.6. The first-order chi connectivity index (χ1) is 6.93. The largest absolute Gasteiger partial charge is 0.348 e. The molecule has 0 aliphatic carbocycles. The van der Waals surface area contributed by atoms with Crippen LogP contribution in [0.2, 0.25) is 0 Å². The maximum Gasteiger partial charge on any atom is 0.185 e. The van der Waals surface area contributed by atoms with Gasteiger partial charge in [0.2, 0.25) is 0 Å². The number of rotatable bonds is 4. The molecule has 1 rings (SSSR count). The Morgan fingerprint density at radius 3 is 2.33 bits per heavy atom. The third-order valence-electron chi connectivity index (χ3n) is 2.85. The van der Waals surface area contributed by atoms with Crippen molar-refractivity contribution in [1.29, 1.82) is 0 Å². The van der Waals surface area contributed by atoms with E-state index in [2.05, 4.69) is 37.7 Å². The number of nitrogens with zero attached hydrogens (tertiary/aromatic N) is 2. The van der Waals surface area contributed by atoms with Crippen molar-refractivity contribution in [1.82, 2.24) is 4.98 Å². The maximum absolute atomic E-state index is 5.79. The zero-order valence-corrected chi connectivity index (χ0v) is 11.0. The van der Waals surface area contributed by atoms with Gasteiger partial charge in [0, 0.05) is 24.5 Å². The van der Waals surface area contributed by atoms with Gasteiger partial charge < -0.3 is 10.6 Å². The predicted molar refractivity (Wildman–Crippen MR) is 67.4 cm³/mol. The Bertz CT molecular complexity index is 307. The minimum absolute atomic E-state index is 0.0257. The Balaban J connectivity index is 2.78. The summed E-state index contributed by atoms with van der Waals surface area (Å²) >= 11 is 1.67. The van der Waals surface area contributed by atoms with Crippen LogP contribution in [0.1, 0.15) is 39.4 Å². The molecule has 0 bridgehead atoms. The topological polar surface area (TPSA) is 42.1 Å². The van der Waals surface area contributed by atoms with Crippen LogP contribution in [0.15, 0.2) is 5.38 Å². The third-order valence-corrected chi connectivity index (χ3v) is 3.80. The van der Waals surface area contributed by atoms with Gasteiger partial charge in [0.15, 0.2) is 5.13 Å². The molecular formula is C11H21N3S. The molecule has 0 fully saturated rings. The maximum atomic E-state index is 5.79. The van der Waals surface area contributed by atoms with Crippen LogP contribution in [-0.2, 0) is 0 Å². The molecule has 0 spiro atoms. The summed E-state index contributed by atoms with van der Waals surface area (Å²) in [5.74, 6) is 0.623. The summed E-state index contributed by atoms with van der Waals surface area (Å²) in [6.45, 7) is 8.63. The van der Waals surface area contributed by atoms with E-state index in [-0.39, 0.29) is 6.04 Å². The SMILES string of the molecule is CC(N)c1csc(N(C)C(C)C(C)C)n1. The molecule has 2 N–H and O–H groups in total. The van der Waals surface area contributed by atoms with Crippen LogP contribution in [0.3, 0.4) is 0 Å². The molecule has 0 saturated carbocycles. The van der Waals surface area contributed by atoms with Crippen molar-refractivity contribution in [2.75, 3.05) is 11.9 Å². The summed E-state index contributed by atoms with van der Waals surface area (Å²) < 4.78 is 0. The Morgan fingerprint density at radius 2 is 1.93 bits per heavy atom. The fourth-order valence-corrected chi connectivity index (χ4v) is 2.25. The molecule has 86 valence electrons. The van der Waals surface area contributed by atoms with Gasteiger partial charge in [-0.05, 0) is 19.8 Å². The highest BCUT2D eigenvalue weighted by Gasteiger charge is 2.17. The van der Waals surface area contributed by atoms with E-state index in [9.17, 15) is 0 Å². The number of hydrogen-bond acceptors (Lipinski definition) is 4. The van der Waals surface area contributed by atoms with E-state index in [1.165, 1.54) is 0 Å². The lowest BCUT2D eigenvalue weighted by atomic mass is 10.1. The molecule has 1 heterocycles. The highest BCUT2D eigenvalue weighted by Crippen LogP contribution is 2.25. The second-order valence-electron chi connectivity index (χ2n) is 4.44. The van der Waals surface area contributed by atoms with Gasteiger partial charge in [-0.2, -0.15) is 0 Å². The van der Waals surface area contributed by atoms with Crippen LogP contribution in [-0.4, -0.2) is 18.1 Å². The second kappa shape index (κ2) is 4.94. The van der Waals surface area contributed by atoms with E-state index in [1.54, 1.807) is 11.3 Å². The molecule has 1 aromatic heterocycles. The van der Waals surface area contributed by atoms with E-state index >= 15 is 0 Å². The minimum atomic E-state index is 0.0257. The lowest BCUT2D eigenvalue weighted by Gasteiger charge is -2.27. The summed E-state index contributed by atoms with van der Waals surface area (Å²) in [5, 5.41) is 3.10. The fraction of sp³-hybridized carbons (Fsp3) is 0.727. The normalized spacial score (nSPS) is 15.4. The highest BCUT2D eigenvalue weighted by atomic mass is 32.1. The van der Waals surface area contributed by atoms with Gasteiger partial charge in [-0.25, -0.2) is 4.98 Å². The Labute approximate surface area is 96.3 Å². The molecule has 2 unspecified atom stereocenters. The van der Waals surface area contributed by atoms with Crippen molar-refractivity contribution in [3.05, 3.63) is 11.1 Å². The van der Waals surface area contributed by atoms with Gasteiger partial charge in [0.05, 0.1) is 5.69 Å². The monoisotopic (exact) mass is 227 g/mol. The first-order valence-corrected chi connectivity index (χ1v) is 6.25. The van der Waals surface area contributed by atoms with Crippen LogP contribution in [0, 0.1) is 5.92 Å². The Kier molecular flexibility index (Phi) is 4.11. The number of thiazole rings is 1. The van der Waals surface area contributed by atoms with Crippen molar-refractivity contribution in [3.63, 3.8) is 0 Å². The first-order valence-electron chi connectivity index (χ1n) is 5.37. The molecule has 0 saturated heterocycles. The van der Waals surface area contributed by atoms with Gasteiger partial charge in [0.1, 0.15) is 0 Å². The van der Waals surface area contributed by atoms with E-state index in [0.29, 0.717) is 12.0 Å². The lowest BCUT2D eigenvalue weighted by Crippen LogP contribution is -2.33. The van der Waals surface area contributed by atoms with Crippen molar-refractivity contribution < 1.29 is 0 Å². The molecule has 0 amide bonds. The van der Waals surface area contributed by atoms with Crippen molar-refractivity contribution in [3.8, 4) is 0 Å². The van der Waals surface area contributed by atoms with E-state index in [4.69, 9.17) is 5.73 Å². The molecule has 4 heteroatoms. The Hall–Kier alpha value is -0.610. The molecule has 0 aromatic carbocycles. The summed E-state index contributed by atoms with van der Waals surface area (Å²) in [5.41, 5.74) is 6.77. The highest BCUT2D eigenvalue weighted by molar-refractivity contribution is 7.13. The van der Waals surface area contributed by atoms with Gasteiger partial charge >= 0.3 is 0 Å². The Morgan fingerprint density at radius 1 is 1.33 bits per heavy atom. The van der Waals surface area contributed by atoms with Crippen molar-refractivity contribution in [2.45, 2.75) is 39.8 Å². The number of nitrogens with two attached hydrogens (primary N) is 1. The first kappa shape index (κ1) is 12.5. The third kappa shape index (κ3) is 2.92. The van der Waals surface area contributed by atoms with Crippen LogP contribution in [0.4, 0.5) is 5.13 Å². The lowest BCUT2D eigenvalue weighted by molar-refractivity contribution is 0.504. The average Bonchev–Trinajstić information content (AvgIpc) is 2.64. The smallest absolute Gasteiger partial charge is 0.185 e. The number of hydrogen-bond donors (Lipinski definition) is 1. The summed E-state index contributed by atoms with van der Waals surface area (Å²) in [6, 6.07) is 0.523. The van der Waals surface area contributed by atoms with Crippen molar-refractivity contribution in [2.24, 2.45) is 11.7 Å². The quantitative estimate of drug-likeness (QED) is 0.860. The predicted octanol–water partition coefficient (Wildman–Crippen LogP) is 2.64. The van der Waals surface area contributed by atoms with Crippen LogP contribution in [0.5, 0.6) is 0 Å². The van der Waals surface area contributed by atoms with E-state index in [1.807, 2.05) is 12.3 Å². The van der Waals surface area contributed by atoms with Gasteiger partial charge in [0.25, 0.3) is 0 Å². The summed E-state index contributed by atoms with van der Waals surface area (Å²) in [4.78, 5) is 6.76. The molecule has 3 nitrogen and oxygen atoms in total. The molecule has 1 aromatic rings. The van der Waals surface area contributed by atoms with E-state index < -0.39 is 0 Å². The van der Waals surface area contributed by atoms with Gasteiger partial charge in [-0.1, -0.05) is 13.8 Å². The molecular weight excluding hydrogens is 206 g/mol. The minimum Gasteiger partial charge on any atom is -0.348 e. The zero-order valence-electron chi connectivity index (χ0n) is 10.2. The molecule has 0 aliphatic rings. The molecule has 0 radical (unpaired) electrons. The fourth-order valence-electron chi connectivity index (χ4n) is 1.27. The van der Waals surface area contributed by atoms with E-state index in [0.717, 1.165) is 10.8 Å².